The lowest BCUT2D eigenvalue weighted by atomic mass is 9.83. The van der Waals surface area contributed by atoms with E-state index in [1.807, 2.05) is 34.6 Å². The maximum Gasteiger partial charge on any atom is 0.226 e. The van der Waals surface area contributed by atoms with Crippen molar-refractivity contribution >= 4 is 12.2 Å². The lowest BCUT2D eigenvalue weighted by Gasteiger charge is -2.29. The fourth-order valence-electron chi connectivity index (χ4n) is 1.64. The van der Waals surface area contributed by atoms with Gasteiger partial charge in [-0.3, -0.25) is 4.79 Å². The highest BCUT2D eigenvalue weighted by Gasteiger charge is 2.31. The second-order valence-corrected chi connectivity index (χ2v) is 5.50. The Kier molecular flexibility index (Phi) is 7.14. The van der Waals surface area contributed by atoms with Gasteiger partial charge in [-0.15, -0.1) is 0 Å². The molecule has 1 unspecified atom stereocenters. The summed E-state index contributed by atoms with van der Waals surface area (Å²) in [7, 11) is 0. The maximum atomic E-state index is 12.0. The van der Waals surface area contributed by atoms with Crippen molar-refractivity contribution in [3.05, 3.63) is 0 Å². The highest BCUT2D eigenvalue weighted by Crippen LogP contribution is 2.27. The Morgan fingerprint density at radius 2 is 1.89 bits per heavy atom. The summed E-state index contributed by atoms with van der Waals surface area (Å²) < 4.78 is 5.68. The van der Waals surface area contributed by atoms with Crippen LogP contribution in [0, 0.1) is 5.41 Å². The maximum absolute atomic E-state index is 12.0. The van der Waals surface area contributed by atoms with Crippen LogP contribution in [0.1, 0.15) is 53.9 Å². The van der Waals surface area contributed by atoms with E-state index in [-0.39, 0.29) is 5.91 Å². The van der Waals surface area contributed by atoms with Gasteiger partial charge in [0.2, 0.25) is 5.91 Å². The Morgan fingerprint density at radius 3 is 2.33 bits per heavy atom. The van der Waals surface area contributed by atoms with E-state index in [0.29, 0.717) is 26.0 Å². The van der Waals surface area contributed by atoms with Crippen molar-refractivity contribution in [3.63, 3.8) is 0 Å². The summed E-state index contributed by atoms with van der Waals surface area (Å²) in [6, 6.07) is 0. The van der Waals surface area contributed by atoms with Crippen LogP contribution in [0.5, 0.6) is 0 Å². The summed E-state index contributed by atoms with van der Waals surface area (Å²) in [5, 5.41) is 2.86. The fraction of sp³-hybridized carbons (Fsp3) is 0.857. The SMILES string of the molecule is CCNC(=O)C(C)(CC)CCOC(C)(C)CC=O. The average Bonchev–Trinajstić information content (AvgIpc) is 2.28. The van der Waals surface area contributed by atoms with Crippen LogP contribution in [0.3, 0.4) is 0 Å². The Bertz CT molecular complexity index is 276. The minimum atomic E-state index is -0.447. The lowest BCUT2D eigenvalue weighted by molar-refractivity contribution is -0.133. The summed E-state index contributed by atoms with van der Waals surface area (Å²) in [5.74, 6) is 0.0734. The monoisotopic (exact) mass is 257 g/mol. The summed E-state index contributed by atoms with van der Waals surface area (Å²) in [6.07, 6.45) is 2.67. The summed E-state index contributed by atoms with van der Waals surface area (Å²) in [5.41, 5.74) is -0.842. The number of nitrogens with one attached hydrogen (secondary N) is 1. The minimum Gasteiger partial charge on any atom is -0.375 e. The van der Waals surface area contributed by atoms with Gasteiger partial charge in [-0.1, -0.05) is 13.8 Å². The first-order chi connectivity index (χ1) is 8.31. The number of rotatable bonds is 9. The molecule has 0 saturated carbocycles. The molecular formula is C14H27NO3. The second-order valence-electron chi connectivity index (χ2n) is 5.50. The van der Waals surface area contributed by atoms with Gasteiger partial charge in [0.25, 0.3) is 0 Å². The number of carbonyl (C=O) groups is 2. The third-order valence-corrected chi connectivity index (χ3v) is 3.39. The van der Waals surface area contributed by atoms with Crippen molar-refractivity contribution in [1.29, 1.82) is 0 Å². The van der Waals surface area contributed by atoms with Crippen molar-refractivity contribution in [3.8, 4) is 0 Å². The van der Waals surface area contributed by atoms with Crippen LogP contribution >= 0.6 is 0 Å². The van der Waals surface area contributed by atoms with Crippen LogP contribution < -0.4 is 5.32 Å². The first kappa shape index (κ1) is 17.1. The van der Waals surface area contributed by atoms with Gasteiger partial charge in [0.05, 0.1) is 5.60 Å². The highest BCUT2D eigenvalue weighted by atomic mass is 16.5. The number of amides is 1. The smallest absolute Gasteiger partial charge is 0.226 e. The molecule has 0 aliphatic carbocycles. The molecule has 0 aliphatic heterocycles. The van der Waals surface area contributed by atoms with Gasteiger partial charge < -0.3 is 14.8 Å². The van der Waals surface area contributed by atoms with E-state index in [9.17, 15) is 9.59 Å². The molecule has 0 aliphatic rings. The lowest BCUT2D eigenvalue weighted by Crippen LogP contribution is -2.40. The molecule has 4 nitrogen and oxygen atoms in total. The summed E-state index contributed by atoms with van der Waals surface area (Å²) in [4.78, 5) is 22.4. The number of aldehydes is 1. The van der Waals surface area contributed by atoms with Crippen LogP contribution in [0.25, 0.3) is 0 Å². The van der Waals surface area contributed by atoms with Gasteiger partial charge in [0.1, 0.15) is 6.29 Å². The third kappa shape index (κ3) is 5.63. The zero-order chi connectivity index (χ0) is 14.2. The normalized spacial score (nSPS) is 14.9. The van der Waals surface area contributed by atoms with E-state index in [4.69, 9.17) is 4.74 Å². The molecule has 0 spiro atoms. The summed E-state index contributed by atoms with van der Waals surface area (Å²) >= 11 is 0. The summed E-state index contributed by atoms with van der Waals surface area (Å²) in [6.45, 7) is 10.8. The van der Waals surface area contributed by atoms with Gasteiger partial charge in [-0.05, 0) is 33.6 Å². The van der Waals surface area contributed by atoms with E-state index >= 15 is 0 Å². The van der Waals surface area contributed by atoms with Gasteiger partial charge in [0, 0.05) is 25.0 Å². The van der Waals surface area contributed by atoms with Crippen molar-refractivity contribution < 1.29 is 14.3 Å². The molecule has 0 aromatic carbocycles. The Morgan fingerprint density at radius 1 is 1.28 bits per heavy atom. The number of hydrogen-bond donors (Lipinski definition) is 1. The Labute approximate surface area is 110 Å². The van der Waals surface area contributed by atoms with Gasteiger partial charge in [-0.25, -0.2) is 0 Å². The molecule has 1 N–H and O–H groups in total. The zero-order valence-corrected chi connectivity index (χ0v) is 12.3. The zero-order valence-electron chi connectivity index (χ0n) is 12.3. The predicted octanol–water partition coefficient (Wildman–Crippen LogP) is 2.31. The molecular weight excluding hydrogens is 230 g/mol. The van der Waals surface area contributed by atoms with Crippen LogP contribution in [-0.2, 0) is 14.3 Å². The quantitative estimate of drug-likeness (QED) is 0.645. The molecule has 1 amide bonds. The first-order valence-electron chi connectivity index (χ1n) is 6.67. The molecule has 0 aromatic heterocycles. The van der Waals surface area contributed by atoms with Crippen LogP contribution in [0.4, 0.5) is 0 Å². The number of hydrogen-bond acceptors (Lipinski definition) is 3. The topological polar surface area (TPSA) is 55.4 Å². The van der Waals surface area contributed by atoms with Crippen LogP contribution in [0.15, 0.2) is 0 Å². The van der Waals surface area contributed by atoms with Crippen LogP contribution in [-0.4, -0.2) is 30.9 Å². The molecule has 0 radical (unpaired) electrons. The van der Waals surface area contributed by atoms with Gasteiger partial charge in [0.15, 0.2) is 0 Å². The molecule has 0 heterocycles. The van der Waals surface area contributed by atoms with E-state index in [1.165, 1.54) is 0 Å². The predicted molar refractivity (Wildman–Crippen MR) is 72.4 cm³/mol. The van der Waals surface area contributed by atoms with Gasteiger partial charge in [-0.2, -0.15) is 0 Å². The van der Waals surface area contributed by atoms with E-state index < -0.39 is 11.0 Å². The second kappa shape index (κ2) is 7.52. The van der Waals surface area contributed by atoms with E-state index in [2.05, 4.69) is 5.32 Å². The molecule has 106 valence electrons. The Hall–Kier alpha value is -0.900. The first-order valence-corrected chi connectivity index (χ1v) is 6.67. The van der Waals surface area contributed by atoms with Crippen LogP contribution in [0.2, 0.25) is 0 Å². The molecule has 0 saturated heterocycles. The average molecular weight is 257 g/mol. The molecule has 4 heteroatoms. The van der Waals surface area contributed by atoms with Crippen molar-refractivity contribution in [2.45, 2.75) is 59.5 Å². The van der Waals surface area contributed by atoms with E-state index in [1.54, 1.807) is 0 Å². The fourth-order valence-corrected chi connectivity index (χ4v) is 1.64. The standard InChI is InChI=1S/C14H27NO3/c1-6-14(5,12(17)15-7-2)9-11-18-13(3,4)8-10-16/h10H,6-9,11H2,1-5H3,(H,15,17). The molecule has 1 atom stereocenters. The molecule has 0 rings (SSSR count). The third-order valence-electron chi connectivity index (χ3n) is 3.39. The molecule has 18 heavy (non-hydrogen) atoms. The highest BCUT2D eigenvalue weighted by molar-refractivity contribution is 5.82. The Balaban J connectivity index is 4.30. The van der Waals surface area contributed by atoms with E-state index in [0.717, 1.165) is 12.7 Å². The molecule has 0 bridgehead atoms. The van der Waals surface area contributed by atoms with Crippen molar-refractivity contribution in [1.82, 2.24) is 5.32 Å². The van der Waals surface area contributed by atoms with Crippen molar-refractivity contribution in [2.24, 2.45) is 5.41 Å². The molecule has 0 aromatic rings. The number of ether oxygens (including phenoxy) is 1. The largest absolute Gasteiger partial charge is 0.375 e. The molecule has 0 fully saturated rings. The minimum absolute atomic E-state index is 0.0734. The number of carbonyl (C=O) groups excluding carboxylic acids is 2. The van der Waals surface area contributed by atoms with Crippen molar-refractivity contribution in [2.75, 3.05) is 13.2 Å². The van der Waals surface area contributed by atoms with Gasteiger partial charge >= 0.3 is 0 Å².